The molecule has 1 atom stereocenters. The molecule has 0 spiro atoms. The van der Waals surface area contributed by atoms with Gasteiger partial charge >= 0.3 is 6.09 Å². The second-order valence-electron chi connectivity index (χ2n) is 14.5. The second kappa shape index (κ2) is 21.6. The molecule has 0 bridgehead atoms. The van der Waals surface area contributed by atoms with Crippen LogP contribution in [0.2, 0.25) is 0 Å². The van der Waals surface area contributed by atoms with Crippen molar-refractivity contribution in [1.82, 2.24) is 16.0 Å². The number of nitrogens with one attached hydrogen (secondary N) is 3. The molecular formula is C42H47F2N9O6. The van der Waals surface area contributed by atoms with E-state index in [1.54, 1.807) is 45.0 Å². The Labute approximate surface area is 340 Å². The van der Waals surface area contributed by atoms with E-state index in [0.717, 1.165) is 17.8 Å². The summed E-state index contributed by atoms with van der Waals surface area (Å²) in [4.78, 5) is 55.8. The number of ether oxygens (including phenoxy) is 2. The number of carbonyl (C=O) groups excluding carboxylic acids is 4. The number of benzene rings is 4. The zero-order valence-electron chi connectivity index (χ0n) is 33.5. The predicted molar refractivity (Wildman–Crippen MR) is 219 cm³/mol. The van der Waals surface area contributed by atoms with Gasteiger partial charge in [-0.1, -0.05) is 17.2 Å². The first-order chi connectivity index (χ1) is 28.1. The lowest BCUT2D eigenvalue weighted by Crippen LogP contribution is -2.43. The van der Waals surface area contributed by atoms with E-state index in [9.17, 15) is 19.2 Å². The third-order valence-corrected chi connectivity index (χ3v) is 8.44. The summed E-state index contributed by atoms with van der Waals surface area (Å²) in [5, 5.41) is 19.9. The number of anilines is 1. The van der Waals surface area contributed by atoms with Crippen molar-refractivity contribution in [3.63, 3.8) is 0 Å². The van der Waals surface area contributed by atoms with Gasteiger partial charge in [0, 0.05) is 54.6 Å². The van der Waals surface area contributed by atoms with Crippen molar-refractivity contribution in [3.05, 3.63) is 124 Å². The largest absolute Gasteiger partial charge is 0.480 e. The highest BCUT2D eigenvalue weighted by molar-refractivity contribution is 5.98. The average Bonchev–Trinajstić information content (AvgIpc) is 3.19. The first-order valence-corrected chi connectivity index (χ1v) is 18.8. The monoisotopic (exact) mass is 811 g/mol. The van der Waals surface area contributed by atoms with E-state index in [-0.39, 0.29) is 42.7 Å². The van der Waals surface area contributed by atoms with Crippen molar-refractivity contribution in [2.24, 2.45) is 15.3 Å². The van der Waals surface area contributed by atoms with Crippen LogP contribution in [-0.4, -0.2) is 69.1 Å². The molecule has 17 heteroatoms. The molecule has 4 rings (SSSR count). The van der Waals surface area contributed by atoms with E-state index in [4.69, 9.17) is 15.0 Å². The van der Waals surface area contributed by atoms with Crippen LogP contribution in [0.15, 0.2) is 100 Å². The number of alkyl carbamates (subject to hydrolysis) is 1. The van der Waals surface area contributed by atoms with Gasteiger partial charge in [0.25, 0.3) is 11.8 Å². The SMILES string of the molecule is CN(C)c1ccc(N=Nc2ccc(C(=O)NCCc3cc(F)c(OCC(=O)[C@H](CCCCNC(=O)OC(C)(C)C)NC(=O)c4cccc(N=[N+]=[N-])c4)c(F)c3)cc2)cc1. The summed E-state index contributed by atoms with van der Waals surface area (Å²) in [7, 11) is 3.89. The van der Waals surface area contributed by atoms with Crippen molar-refractivity contribution in [2.75, 3.05) is 38.7 Å². The maximum atomic E-state index is 15.1. The van der Waals surface area contributed by atoms with Gasteiger partial charge in [-0.3, -0.25) is 14.4 Å². The lowest BCUT2D eigenvalue weighted by atomic mass is 10.0. The minimum atomic E-state index is -1.13. The van der Waals surface area contributed by atoms with Gasteiger partial charge in [0.1, 0.15) is 12.2 Å². The number of rotatable bonds is 19. The van der Waals surface area contributed by atoms with E-state index in [1.807, 2.05) is 43.3 Å². The quantitative estimate of drug-likeness (QED) is 0.0363. The number of carbonyl (C=O) groups is 4. The fourth-order valence-electron chi connectivity index (χ4n) is 5.47. The summed E-state index contributed by atoms with van der Waals surface area (Å²) in [5.41, 5.74) is 11.2. The molecular weight excluding hydrogens is 765 g/mol. The third-order valence-electron chi connectivity index (χ3n) is 8.44. The molecule has 0 unspecified atom stereocenters. The van der Waals surface area contributed by atoms with Gasteiger partial charge in [-0.05, 0) is 130 Å². The van der Waals surface area contributed by atoms with Gasteiger partial charge in [-0.2, -0.15) is 10.2 Å². The normalized spacial score (nSPS) is 11.6. The highest BCUT2D eigenvalue weighted by Gasteiger charge is 2.24. The molecule has 0 saturated carbocycles. The Morgan fingerprint density at radius 3 is 2.05 bits per heavy atom. The molecule has 0 saturated heterocycles. The minimum Gasteiger partial charge on any atom is -0.480 e. The lowest BCUT2D eigenvalue weighted by Gasteiger charge is -2.20. The molecule has 59 heavy (non-hydrogen) atoms. The molecule has 3 N–H and O–H groups in total. The molecule has 4 aromatic rings. The molecule has 310 valence electrons. The van der Waals surface area contributed by atoms with Crippen LogP contribution in [0.3, 0.4) is 0 Å². The number of hydrogen-bond acceptors (Lipinski definition) is 10. The first kappa shape index (κ1) is 44.8. The number of amides is 3. The Morgan fingerprint density at radius 1 is 0.797 bits per heavy atom. The summed E-state index contributed by atoms with van der Waals surface area (Å²) in [5.74, 6) is -4.59. The summed E-state index contributed by atoms with van der Waals surface area (Å²) in [6, 6.07) is 20.8. The summed E-state index contributed by atoms with van der Waals surface area (Å²) in [6.07, 6.45) is 0.385. The maximum Gasteiger partial charge on any atom is 0.407 e. The van der Waals surface area contributed by atoms with Crippen molar-refractivity contribution >= 4 is 46.4 Å². The molecule has 3 amide bonds. The molecule has 0 heterocycles. The zero-order valence-corrected chi connectivity index (χ0v) is 33.5. The van der Waals surface area contributed by atoms with Crippen LogP contribution >= 0.6 is 0 Å². The fraction of sp³-hybridized carbons (Fsp3) is 0.333. The highest BCUT2D eigenvalue weighted by Crippen LogP contribution is 2.25. The topological polar surface area (TPSA) is 200 Å². The molecule has 0 aliphatic carbocycles. The number of nitrogens with zero attached hydrogens (tertiary/aromatic N) is 6. The fourth-order valence-corrected chi connectivity index (χ4v) is 5.47. The highest BCUT2D eigenvalue weighted by atomic mass is 19.1. The van der Waals surface area contributed by atoms with E-state index < -0.39 is 59.3 Å². The number of Topliss-reactive ketones (excluding diaryl/α,β-unsaturated/α-hetero) is 1. The average molecular weight is 812 g/mol. The van der Waals surface area contributed by atoms with Gasteiger partial charge in [0.05, 0.1) is 17.4 Å². The Balaban J connectivity index is 1.31. The number of halogens is 2. The minimum absolute atomic E-state index is 0.0707. The van der Waals surface area contributed by atoms with Crippen molar-refractivity contribution in [2.45, 2.75) is 58.1 Å². The number of hydrogen-bond donors (Lipinski definition) is 3. The van der Waals surface area contributed by atoms with E-state index in [1.165, 1.54) is 24.3 Å². The van der Waals surface area contributed by atoms with Gasteiger partial charge < -0.3 is 30.3 Å². The Bertz CT molecular complexity index is 2150. The Kier molecular flexibility index (Phi) is 16.4. The van der Waals surface area contributed by atoms with Gasteiger partial charge in [0.2, 0.25) is 0 Å². The van der Waals surface area contributed by atoms with Crippen molar-refractivity contribution in [3.8, 4) is 5.75 Å². The Hall–Kier alpha value is -6.87. The first-order valence-electron chi connectivity index (χ1n) is 18.8. The predicted octanol–water partition coefficient (Wildman–Crippen LogP) is 8.80. The van der Waals surface area contributed by atoms with Crippen molar-refractivity contribution in [1.29, 1.82) is 0 Å². The molecule has 4 aromatic carbocycles. The van der Waals surface area contributed by atoms with Gasteiger partial charge in [0.15, 0.2) is 23.2 Å². The van der Waals surface area contributed by atoms with Crippen LogP contribution in [0.25, 0.3) is 10.4 Å². The van der Waals surface area contributed by atoms with Crippen LogP contribution in [0.5, 0.6) is 5.75 Å². The summed E-state index contributed by atoms with van der Waals surface area (Å²) in [6.45, 7) is 4.73. The molecule has 0 aromatic heterocycles. The third kappa shape index (κ3) is 14.9. The number of ketones is 1. The lowest BCUT2D eigenvalue weighted by molar-refractivity contribution is -0.123. The number of azo groups is 1. The Morgan fingerprint density at radius 2 is 1.44 bits per heavy atom. The van der Waals surface area contributed by atoms with Crippen LogP contribution in [0.1, 0.15) is 66.3 Å². The van der Waals surface area contributed by atoms with E-state index in [2.05, 4.69) is 36.2 Å². The smallest absolute Gasteiger partial charge is 0.407 e. The van der Waals surface area contributed by atoms with Crippen molar-refractivity contribution < 1.29 is 37.4 Å². The molecule has 0 aliphatic heterocycles. The van der Waals surface area contributed by atoms with Crippen LogP contribution < -0.4 is 25.6 Å². The van der Waals surface area contributed by atoms with Crippen LogP contribution in [0, 0.1) is 11.6 Å². The van der Waals surface area contributed by atoms with Gasteiger partial charge in [-0.25, -0.2) is 13.6 Å². The molecule has 0 aliphatic rings. The van der Waals surface area contributed by atoms with Crippen LogP contribution in [-0.2, 0) is 16.0 Å². The van der Waals surface area contributed by atoms with E-state index in [0.29, 0.717) is 29.8 Å². The number of azide groups is 1. The second-order valence-corrected chi connectivity index (χ2v) is 14.5. The van der Waals surface area contributed by atoms with E-state index >= 15 is 8.78 Å². The zero-order chi connectivity index (χ0) is 43.0. The molecule has 0 fully saturated rings. The standard InChI is InChI=1S/C42H47F2N9O6/c1-42(2,3)59-41(57)47-21-7-6-11-36(48-40(56)29-9-8-10-32(25-29)51-52-45)37(54)26-58-38-34(43)23-27(24-35(38)44)20-22-46-39(55)28-12-14-30(15-13-28)49-50-31-16-18-33(19-17-31)53(4)5/h8-10,12-19,23-25,36H,6-7,11,20-22,26H2,1-5H3,(H,46,55)(H,47,57)(H,48,56)/t36-/m0/s1. The molecule has 0 radical (unpaired) electrons. The van der Waals surface area contributed by atoms with Gasteiger partial charge in [-0.15, -0.1) is 0 Å². The summed E-state index contributed by atoms with van der Waals surface area (Å²) < 4.78 is 40.8. The summed E-state index contributed by atoms with van der Waals surface area (Å²) >= 11 is 0. The van der Waals surface area contributed by atoms with Crippen LogP contribution in [0.4, 0.5) is 36.3 Å². The number of unbranched alkanes of at least 4 members (excludes halogenated alkanes) is 1. The molecule has 15 nitrogen and oxygen atoms in total. The maximum absolute atomic E-state index is 15.1.